The van der Waals surface area contributed by atoms with E-state index in [9.17, 15) is 13.2 Å². The molecule has 0 amide bonds. The van der Waals surface area contributed by atoms with E-state index in [0.29, 0.717) is 32.5 Å². The van der Waals surface area contributed by atoms with E-state index in [4.69, 9.17) is 4.74 Å². The third-order valence-electron chi connectivity index (χ3n) is 2.81. The van der Waals surface area contributed by atoms with Crippen molar-refractivity contribution >= 4 is 16.0 Å². The molecular formula is C11H21NO4S. The number of piperidine rings is 1. The fraction of sp³-hybridized carbons (Fsp3) is 0.909. The smallest absolute Gasteiger partial charge is 0.302 e. The second-order valence-electron chi connectivity index (χ2n) is 4.32. The molecule has 0 aromatic heterocycles. The Labute approximate surface area is 103 Å². The number of unbranched alkanes of at least 4 members (excludes halogenated alkanes) is 1. The summed E-state index contributed by atoms with van der Waals surface area (Å²) in [5.74, 6) is -0.155. The molecule has 0 saturated carbocycles. The van der Waals surface area contributed by atoms with Crippen molar-refractivity contribution in [1.82, 2.24) is 4.31 Å². The van der Waals surface area contributed by atoms with Crippen LogP contribution >= 0.6 is 0 Å². The predicted octanol–water partition coefficient (Wildman–Crippen LogP) is 1.15. The molecule has 0 spiro atoms. The summed E-state index contributed by atoms with van der Waals surface area (Å²) in [5.41, 5.74) is 0. The molecule has 0 N–H and O–H groups in total. The van der Waals surface area contributed by atoms with Gasteiger partial charge in [-0.25, -0.2) is 12.7 Å². The molecule has 0 aromatic rings. The number of hydrogen-bond donors (Lipinski definition) is 0. The maximum Gasteiger partial charge on any atom is 0.302 e. The minimum atomic E-state index is -3.09. The van der Waals surface area contributed by atoms with Crippen LogP contribution < -0.4 is 0 Å². The number of ether oxygens (including phenoxy) is 1. The molecule has 0 aliphatic carbocycles. The summed E-state index contributed by atoms with van der Waals surface area (Å²) < 4.78 is 30.1. The summed E-state index contributed by atoms with van der Waals surface area (Å²) in [7, 11) is -3.09. The minimum Gasteiger partial charge on any atom is -0.466 e. The average molecular weight is 263 g/mol. The Hall–Kier alpha value is -0.620. The van der Waals surface area contributed by atoms with E-state index in [1.807, 2.05) is 0 Å². The second kappa shape index (κ2) is 6.96. The standard InChI is InChI=1S/C11H21NO4S/c1-11(13)16-9-5-6-10-17(14,15)12-7-3-2-4-8-12/h2-10H2,1H3. The van der Waals surface area contributed by atoms with E-state index in [1.165, 1.54) is 6.92 Å². The molecular weight excluding hydrogens is 242 g/mol. The van der Waals surface area contributed by atoms with Crippen LogP contribution in [0.2, 0.25) is 0 Å². The van der Waals surface area contributed by atoms with E-state index in [1.54, 1.807) is 4.31 Å². The number of sulfonamides is 1. The molecule has 0 radical (unpaired) electrons. The van der Waals surface area contributed by atoms with Crippen molar-refractivity contribution in [2.75, 3.05) is 25.4 Å². The molecule has 1 aliphatic heterocycles. The Kier molecular flexibility index (Phi) is 5.91. The molecule has 1 heterocycles. The number of nitrogens with zero attached hydrogens (tertiary/aromatic N) is 1. The van der Waals surface area contributed by atoms with Gasteiger partial charge >= 0.3 is 5.97 Å². The topological polar surface area (TPSA) is 63.7 Å². The normalized spacial score (nSPS) is 17.9. The Bertz CT molecular complexity index is 333. The van der Waals surface area contributed by atoms with Gasteiger partial charge in [0, 0.05) is 20.0 Å². The quantitative estimate of drug-likeness (QED) is 0.532. The van der Waals surface area contributed by atoms with Crippen molar-refractivity contribution < 1.29 is 17.9 Å². The zero-order valence-corrected chi connectivity index (χ0v) is 11.2. The molecule has 0 bridgehead atoms. The van der Waals surface area contributed by atoms with Gasteiger partial charge in [-0.3, -0.25) is 4.79 Å². The lowest BCUT2D eigenvalue weighted by atomic mass is 10.2. The zero-order chi connectivity index (χ0) is 12.7. The first-order valence-corrected chi connectivity index (χ1v) is 7.74. The summed E-state index contributed by atoms with van der Waals surface area (Å²) in [4.78, 5) is 10.5. The lowest BCUT2D eigenvalue weighted by Crippen LogP contribution is -2.37. The Morgan fingerprint density at radius 3 is 2.41 bits per heavy atom. The molecule has 0 unspecified atom stereocenters. The molecule has 0 aromatic carbocycles. The maximum atomic E-state index is 11.9. The second-order valence-corrected chi connectivity index (χ2v) is 6.41. The first-order valence-electron chi connectivity index (χ1n) is 6.13. The molecule has 1 rings (SSSR count). The van der Waals surface area contributed by atoms with Crippen LogP contribution in [0.15, 0.2) is 0 Å². The molecule has 0 atom stereocenters. The third-order valence-corrected chi connectivity index (χ3v) is 4.77. The van der Waals surface area contributed by atoms with E-state index in [2.05, 4.69) is 0 Å². The van der Waals surface area contributed by atoms with Crippen molar-refractivity contribution in [2.45, 2.75) is 39.0 Å². The van der Waals surface area contributed by atoms with E-state index < -0.39 is 10.0 Å². The van der Waals surface area contributed by atoms with Crippen LogP contribution in [0.4, 0.5) is 0 Å². The van der Waals surface area contributed by atoms with Crippen LogP contribution in [0.1, 0.15) is 39.0 Å². The molecule has 100 valence electrons. The van der Waals surface area contributed by atoms with Crippen molar-refractivity contribution in [3.8, 4) is 0 Å². The van der Waals surface area contributed by atoms with Gasteiger partial charge < -0.3 is 4.74 Å². The van der Waals surface area contributed by atoms with Crippen molar-refractivity contribution in [2.24, 2.45) is 0 Å². The van der Waals surface area contributed by atoms with E-state index in [-0.39, 0.29) is 11.7 Å². The zero-order valence-electron chi connectivity index (χ0n) is 10.4. The highest BCUT2D eigenvalue weighted by Gasteiger charge is 2.22. The van der Waals surface area contributed by atoms with Crippen molar-refractivity contribution in [3.05, 3.63) is 0 Å². The molecule has 17 heavy (non-hydrogen) atoms. The summed E-state index contributed by atoms with van der Waals surface area (Å²) in [6, 6.07) is 0. The summed E-state index contributed by atoms with van der Waals surface area (Å²) in [6.45, 7) is 2.98. The maximum absolute atomic E-state index is 11.9. The van der Waals surface area contributed by atoms with Crippen molar-refractivity contribution in [3.63, 3.8) is 0 Å². The van der Waals surface area contributed by atoms with Crippen molar-refractivity contribution in [1.29, 1.82) is 0 Å². The summed E-state index contributed by atoms with van der Waals surface area (Å²) in [5, 5.41) is 0. The lowest BCUT2D eigenvalue weighted by molar-refractivity contribution is -0.141. The Morgan fingerprint density at radius 1 is 1.18 bits per heavy atom. The average Bonchev–Trinajstić information content (AvgIpc) is 2.29. The highest BCUT2D eigenvalue weighted by atomic mass is 32.2. The number of esters is 1. The van der Waals surface area contributed by atoms with Gasteiger partial charge in [0.15, 0.2) is 0 Å². The van der Waals surface area contributed by atoms with Gasteiger partial charge in [-0.2, -0.15) is 0 Å². The highest BCUT2D eigenvalue weighted by Crippen LogP contribution is 2.14. The third kappa shape index (κ3) is 5.50. The van der Waals surface area contributed by atoms with Crippen LogP contribution in [0.3, 0.4) is 0 Å². The number of carbonyl (C=O) groups is 1. The van der Waals surface area contributed by atoms with Gasteiger partial charge in [-0.1, -0.05) is 6.42 Å². The lowest BCUT2D eigenvalue weighted by Gasteiger charge is -2.25. The fourth-order valence-electron chi connectivity index (χ4n) is 1.87. The summed E-state index contributed by atoms with van der Waals surface area (Å²) in [6.07, 6.45) is 4.20. The number of carbonyl (C=O) groups excluding carboxylic acids is 1. The first kappa shape index (κ1) is 14.4. The van der Waals surface area contributed by atoms with Gasteiger partial charge in [0.05, 0.1) is 12.4 Å². The van der Waals surface area contributed by atoms with Crippen LogP contribution in [0.25, 0.3) is 0 Å². The van der Waals surface area contributed by atoms with Gasteiger partial charge in [-0.05, 0) is 25.7 Å². The summed E-state index contributed by atoms with van der Waals surface area (Å²) >= 11 is 0. The molecule has 5 nitrogen and oxygen atoms in total. The van der Waals surface area contributed by atoms with E-state index >= 15 is 0 Å². The molecule has 1 saturated heterocycles. The van der Waals surface area contributed by atoms with Gasteiger partial charge in [0.2, 0.25) is 10.0 Å². The SMILES string of the molecule is CC(=O)OCCCCS(=O)(=O)N1CCCCC1. The number of rotatable bonds is 6. The van der Waals surface area contributed by atoms with Gasteiger partial charge in [0.25, 0.3) is 0 Å². The van der Waals surface area contributed by atoms with E-state index in [0.717, 1.165) is 19.3 Å². The predicted molar refractivity (Wildman–Crippen MR) is 65.1 cm³/mol. The Morgan fingerprint density at radius 2 is 1.82 bits per heavy atom. The van der Waals surface area contributed by atoms with Crippen LogP contribution in [-0.4, -0.2) is 44.1 Å². The fourth-order valence-corrected chi connectivity index (χ4v) is 3.52. The highest BCUT2D eigenvalue weighted by molar-refractivity contribution is 7.89. The van der Waals surface area contributed by atoms with Crippen LogP contribution in [0.5, 0.6) is 0 Å². The largest absolute Gasteiger partial charge is 0.466 e. The minimum absolute atomic E-state index is 0.161. The van der Waals surface area contributed by atoms with Gasteiger partial charge in [-0.15, -0.1) is 0 Å². The molecule has 6 heteroatoms. The monoisotopic (exact) mass is 263 g/mol. The first-order chi connectivity index (χ1) is 8.02. The Balaban J connectivity index is 2.22. The molecule has 1 fully saturated rings. The van der Waals surface area contributed by atoms with Crippen LogP contribution in [-0.2, 0) is 19.6 Å². The van der Waals surface area contributed by atoms with Crippen LogP contribution in [0, 0.1) is 0 Å². The molecule has 1 aliphatic rings. The number of hydrogen-bond acceptors (Lipinski definition) is 4. The van der Waals surface area contributed by atoms with Gasteiger partial charge in [0.1, 0.15) is 0 Å².